The van der Waals surface area contributed by atoms with E-state index in [-0.39, 0.29) is 17.9 Å². The van der Waals surface area contributed by atoms with Gasteiger partial charge in [-0.05, 0) is 81.6 Å². The van der Waals surface area contributed by atoms with E-state index in [4.69, 9.17) is 9.72 Å². The van der Waals surface area contributed by atoms with Crippen molar-refractivity contribution in [3.05, 3.63) is 60.0 Å². The number of carbonyl (C=O) groups is 2. The highest BCUT2D eigenvalue weighted by Crippen LogP contribution is 2.42. The number of thiazole rings is 1. The Balaban J connectivity index is 0.896. The standard InChI is InChI=1S/C35H38N10O3S/c1-22(2)48-25-6-4-23(5-7-25)30-31-26(39-40-30)8-9-28(38-31)45-17-13-35(34(45)47)12-16-43(20-35)19-29(46)44-14-10-24(11-15-44)33-36-18-27(49-33)32-37-21-42(3)41-32/h4-10,18,21-22H,11-17,19-20H2,1-3H3,(H,39,40)/t35-/m0/s1. The average molecular weight is 679 g/mol. The lowest BCUT2D eigenvalue weighted by atomic mass is 9.85. The minimum atomic E-state index is -0.498. The van der Waals surface area contributed by atoms with E-state index in [1.807, 2.05) is 73.3 Å². The number of rotatable bonds is 8. The van der Waals surface area contributed by atoms with Crippen LogP contribution in [0.2, 0.25) is 0 Å². The topological polar surface area (TPSA) is 138 Å². The maximum atomic E-state index is 14.0. The highest BCUT2D eigenvalue weighted by molar-refractivity contribution is 7.16. The molecule has 0 aliphatic carbocycles. The third kappa shape index (κ3) is 5.99. The zero-order valence-electron chi connectivity index (χ0n) is 27.8. The second-order valence-corrected chi connectivity index (χ2v) is 14.4. The Bertz CT molecular complexity index is 2060. The van der Waals surface area contributed by atoms with E-state index >= 15 is 0 Å². The summed E-state index contributed by atoms with van der Waals surface area (Å²) in [7, 11) is 1.84. The van der Waals surface area contributed by atoms with Gasteiger partial charge in [0, 0.05) is 45.0 Å². The molecule has 49 heavy (non-hydrogen) atoms. The van der Waals surface area contributed by atoms with Gasteiger partial charge in [0.1, 0.15) is 34.1 Å². The van der Waals surface area contributed by atoms with Crippen LogP contribution in [0.25, 0.3) is 38.6 Å². The number of hydrogen-bond acceptors (Lipinski definition) is 10. The first-order valence-electron chi connectivity index (χ1n) is 16.7. The van der Waals surface area contributed by atoms with Crippen molar-refractivity contribution in [3.63, 3.8) is 0 Å². The zero-order valence-corrected chi connectivity index (χ0v) is 28.6. The fourth-order valence-corrected chi connectivity index (χ4v) is 7.99. The summed E-state index contributed by atoms with van der Waals surface area (Å²) in [5, 5.41) is 12.9. The Morgan fingerprint density at radius 2 is 1.92 bits per heavy atom. The van der Waals surface area contributed by atoms with Gasteiger partial charge in [-0.1, -0.05) is 6.08 Å². The van der Waals surface area contributed by atoms with Crippen LogP contribution in [0.3, 0.4) is 0 Å². The lowest BCUT2D eigenvalue weighted by Gasteiger charge is -2.28. The van der Waals surface area contributed by atoms with E-state index < -0.39 is 5.41 Å². The molecule has 4 aromatic heterocycles. The summed E-state index contributed by atoms with van der Waals surface area (Å²) in [5.74, 6) is 2.28. The number of likely N-dealkylation sites (tertiary alicyclic amines) is 1. The van der Waals surface area contributed by atoms with Gasteiger partial charge in [-0.25, -0.2) is 15.0 Å². The fraction of sp³-hybridized carbons (Fsp3) is 0.400. The van der Waals surface area contributed by atoms with Crippen LogP contribution in [0.1, 0.15) is 38.1 Å². The number of nitrogens with one attached hydrogen (secondary N) is 1. The number of fused-ring (bicyclic) bond motifs is 1. The van der Waals surface area contributed by atoms with Gasteiger partial charge >= 0.3 is 0 Å². The Morgan fingerprint density at radius 3 is 2.67 bits per heavy atom. The Labute approximate surface area is 287 Å². The molecule has 8 rings (SSSR count). The first-order valence-corrected chi connectivity index (χ1v) is 17.5. The SMILES string of the molecule is CC(C)Oc1ccc(-c2n[nH]c3ccc(N4CC[C@]5(CCN(CC(=O)N6CC=C(c7ncc(-c8ncn(C)n8)s7)CC6)C5)C4=O)nc23)cc1. The summed E-state index contributed by atoms with van der Waals surface area (Å²) in [6.07, 6.45) is 7.92. The number of carbonyl (C=O) groups excluding carboxylic acids is 2. The Hall–Kier alpha value is -4.95. The molecule has 1 N–H and O–H groups in total. The average Bonchev–Trinajstić information content (AvgIpc) is 3.94. The number of pyridine rings is 1. The van der Waals surface area contributed by atoms with E-state index in [0.717, 1.165) is 69.3 Å². The van der Waals surface area contributed by atoms with Crippen molar-refractivity contribution in [1.29, 1.82) is 0 Å². The molecule has 0 radical (unpaired) electrons. The van der Waals surface area contributed by atoms with Gasteiger partial charge in [0.2, 0.25) is 11.8 Å². The number of aromatic nitrogens is 7. The number of amides is 2. The molecule has 1 atom stereocenters. The molecule has 252 valence electrons. The quantitative estimate of drug-likeness (QED) is 0.253. The minimum Gasteiger partial charge on any atom is -0.491 e. The molecule has 2 saturated heterocycles. The van der Waals surface area contributed by atoms with Crippen molar-refractivity contribution < 1.29 is 14.3 Å². The van der Waals surface area contributed by atoms with Crippen LogP contribution in [-0.2, 0) is 16.6 Å². The zero-order chi connectivity index (χ0) is 33.7. The first kappa shape index (κ1) is 31.3. The van der Waals surface area contributed by atoms with Gasteiger partial charge in [0.25, 0.3) is 0 Å². The molecule has 2 amide bonds. The molecule has 7 heterocycles. The smallest absolute Gasteiger partial charge is 0.237 e. The van der Waals surface area contributed by atoms with Crippen LogP contribution < -0.4 is 9.64 Å². The van der Waals surface area contributed by atoms with E-state index in [9.17, 15) is 9.59 Å². The molecule has 14 heteroatoms. The highest BCUT2D eigenvalue weighted by atomic mass is 32.1. The number of hydrogen-bond donors (Lipinski definition) is 1. The van der Waals surface area contributed by atoms with Crippen molar-refractivity contribution in [3.8, 4) is 27.7 Å². The van der Waals surface area contributed by atoms with E-state index in [0.29, 0.717) is 44.4 Å². The number of ether oxygens (including phenoxy) is 1. The van der Waals surface area contributed by atoms with Crippen LogP contribution in [-0.4, -0.2) is 102 Å². The summed E-state index contributed by atoms with van der Waals surface area (Å²) in [4.78, 5) is 48.0. The van der Waals surface area contributed by atoms with E-state index in [2.05, 4.69) is 36.2 Å². The van der Waals surface area contributed by atoms with Gasteiger partial charge in [0.05, 0.1) is 28.5 Å². The van der Waals surface area contributed by atoms with Gasteiger partial charge in [0.15, 0.2) is 5.82 Å². The molecular weight excluding hydrogens is 641 g/mol. The maximum absolute atomic E-state index is 14.0. The van der Waals surface area contributed by atoms with Crippen molar-refractivity contribution >= 4 is 45.6 Å². The summed E-state index contributed by atoms with van der Waals surface area (Å²) < 4.78 is 7.47. The van der Waals surface area contributed by atoms with E-state index in [1.54, 1.807) is 22.3 Å². The monoisotopic (exact) mass is 678 g/mol. The maximum Gasteiger partial charge on any atom is 0.237 e. The molecule has 3 aliphatic heterocycles. The molecule has 5 aromatic rings. The van der Waals surface area contributed by atoms with Crippen molar-refractivity contribution in [2.24, 2.45) is 12.5 Å². The number of benzene rings is 1. The van der Waals surface area contributed by atoms with Crippen LogP contribution in [0, 0.1) is 5.41 Å². The number of aryl methyl sites for hydroxylation is 1. The van der Waals surface area contributed by atoms with Crippen molar-refractivity contribution in [1.82, 2.24) is 44.7 Å². The molecule has 13 nitrogen and oxygen atoms in total. The molecule has 1 aromatic carbocycles. The van der Waals surface area contributed by atoms with Gasteiger partial charge in [-0.3, -0.25) is 29.2 Å². The number of nitrogens with zero attached hydrogens (tertiary/aromatic N) is 9. The van der Waals surface area contributed by atoms with Gasteiger partial charge in [-0.2, -0.15) is 10.2 Å². The lowest BCUT2D eigenvalue weighted by Crippen LogP contribution is -2.43. The van der Waals surface area contributed by atoms with Gasteiger partial charge < -0.3 is 9.64 Å². The summed E-state index contributed by atoms with van der Waals surface area (Å²) in [5.41, 5.74) is 3.84. The predicted octanol–water partition coefficient (Wildman–Crippen LogP) is 4.41. The summed E-state index contributed by atoms with van der Waals surface area (Å²) in [6.45, 7) is 7.41. The normalized spacial score (nSPS) is 19.9. The fourth-order valence-electron chi connectivity index (χ4n) is 7.07. The third-order valence-corrected chi connectivity index (χ3v) is 10.7. The first-order chi connectivity index (χ1) is 23.7. The number of anilines is 1. The number of aromatic amines is 1. The second kappa shape index (κ2) is 12.5. The largest absolute Gasteiger partial charge is 0.491 e. The highest BCUT2D eigenvalue weighted by Gasteiger charge is 2.51. The second-order valence-electron chi connectivity index (χ2n) is 13.4. The predicted molar refractivity (Wildman–Crippen MR) is 187 cm³/mol. The lowest BCUT2D eigenvalue weighted by molar-refractivity contribution is -0.132. The van der Waals surface area contributed by atoms with Crippen LogP contribution in [0.15, 0.2) is 55.0 Å². The molecule has 2 fully saturated rings. The Kier molecular flexibility index (Phi) is 7.99. The molecule has 0 bridgehead atoms. The molecule has 3 aliphatic rings. The number of H-pyrrole nitrogens is 1. The molecule has 0 saturated carbocycles. The summed E-state index contributed by atoms with van der Waals surface area (Å²) in [6, 6.07) is 11.6. The van der Waals surface area contributed by atoms with E-state index in [1.165, 1.54) is 0 Å². The summed E-state index contributed by atoms with van der Waals surface area (Å²) >= 11 is 1.57. The molecular formula is C35H38N10O3S. The van der Waals surface area contributed by atoms with Crippen LogP contribution in [0.4, 0.5) is 5.82 Å². The van der Waals surface area contributed by atoms with Gasteiger partial charge in [-0.15, -0.1) is 11.3 Å². The third-order valence-electron chi connectivity index (χ3n) is 9.64. The Morgan fingerprint density at radius 1 is 1.08 bits per heavy atom. The van der Waals surface area contributed by atoms with Crippen molar-refractivity contribution in [2.75, 3.05) is 44.2 Å². The van der Waals surface area contributed by atoms with Crippen molar-refractivity contribution in [2.45, 2.75) is 39.2 Å². The van der Waals surface area contributed by atoms with Crippen LogP contribution in [0.5, 0.6) is 5.75 Å². The molecule has 1 spiro atoms. The minimum absolute atomic E-state index is 0.0869. The van der Waals surface area contributed by atoms with Crippen LogP contribution >= 0.6 is 11.3 Å². The molecule has 0 unspecified atom stereocenters.